The Kier molecular flexibility index (Phi) is 7.49. The minimum absolute atomic E-state index is 0.0298. The van der Waals surface area contributed by atoms with Crippen LogP contribution in [0.2, 0.25) is 0 Å². The van der Waals surface area contributed by atoms with Crippen LogP contribution in [0.4, 0.5) is 0 Å². The van der Waals surface area contributed by atoms with E-state index in [9.17, 15) is 4.79 Å². The zero-order chi connectivity index (χ0) is 16.5. The molecule has 1 atom stereocenters. The van der Waals surface area contributed by atoms with Crippen LogP contribution in [0, 0.1) is 0 Å². The summed E-state index contributed by atoms with van der Waals surface area (Å²) in [7, 11) is 0. The number of hydrogen-bond acceptors (Lipinski definition) is 3. The number of halogens is 1. The van der Waals surface area contributed by atoms with Gasteiger partial charge in [-0.2, -0.15) is 0 Å². The highest BCUT2D eigenvalue weighted by Crippen LogP contribution is 2.18. The molecule has 1 N–H and O–H groups in total. The fraction of sp³-hybridized carbons (Fsp3) is 0.278. The Morgan fingerprint density at radius 3 is 2.74 bits per heavy atom. The van der Waals surface area contributed by atoms with Crippen molar-refractivity contribution in [2.45, 2.75) is 13.0 Å². The molecule has 0 unspecified atom stereocenters. The lowest BCUT2D eigenvalue weighted by molar-refractivity contribution is -0.119. The molecule has 23 heavy (non-hydrogen) atoms. The standard InChI is InChI=1S/C18H20BrNO2S/c1-14(15-6-3-2-4-7-15)20-18(21)13-23-11-10-22-17-9-5-8-16(19)12-17/h2-9,12,14H,10-11,13H2,1H3,(H,20,21)/t14-/m0/s1. The Balaban J connectivity index is 1.61. The third kappa shape index (κ3) is 6.67. The van der Waals surface area contributed by atoms with Crippen molar-refractivity contribution in [3.8, 4) is 5.75 Å². The third-order valence-electron chi connectivity index (χ3n) is 3.20. The van der Waals surface area contributed by atoms with Gasteiger partial charge < -0.3 is 10.1 Å². The van der Waals surface area contributed by atoms with Gasteiger partial charge in [0.2, 0.25) is 5.91 Å². The molecule has 0 aliphatic rings. The lowest BCUT2D eigenvalue weighted by Gasteiger charge is -2.14. The van der Waals surface area contributed by atoms with E-state index in [-0.39, 0.29) is 11.9 Å². The molecule has 0 spiro atoms. The molecule has 122 valence electrons. The van der Waals surface area contributed by atoms with Gasteiger partial charge in [0, 0.05) is 10.2 Å². The second-order valence-electron chi connectivity index (χ2n) is 5.06. The van der Waals surface area contributed by atoms with Gasteiger partial charge in [-0.3, -0.25) is 4.79 Å². The average Bonchev–Trinajstić information content (AvgIpc) is 2.55. The molecular formula is C18H20BrNO2S. The van der Waals surface area contributed by atoms with Gasteiger partial charge in [-0.25, -0.2) is 0 Å². The highest BCUT2D eigenvalue weighted by Gasteiger charge is 2.08. The number of carbonyl (C=O) groups excluding carboxylic acids is 1. The largest absolute Gasteiger partial charge is 0.493 e. The van der Waals surface area contributed by atoms with Crippen molar-refractivity contribution in [1.82, 2.24) is 5.32 Å². The molecule has 0 bridgehead atoms. The van der Waals surface area contributed by atoms with Crippen molar-refractivity contribution in [3.05, 3.63) is 64.6 Å². The van der Waals surface area contributed by atoms with Crippen LogP contribution < -0.4 is 10.1 Å². The van der Waals surface area contributed by atoms with Gasteiger partial charge in [0.1, 0.15) is 5.75 Å². The second kappa shape index (κ2) is 9.63. The summed E-state index contributed by atoms with van der Waals surface area (Å²) in [5, 5.41) is 3.01. The maximum absolute atomic E-state index is 11.9. The fourth-order valence-electron chi connectivity index (χ4n) is 2.05. The first kappa shape index (κ1) is 17.9. The minimum atomic E-state index is 0.0298. The molecule has 1 amide bonds. The number of hydrogen-bond donors (Lipinski definition) is 1. The predicted octanol–water partition coefficient (Wildman–Crippen LogP) is 4.44. The first-order valence-electron chi connectivity index (χ1n) is 7.45. The Morgan fingerprint density at radius 1 is 1.22 bits per heavy atom. The summed E-state index contributed by atoms with van der Waals surface area (Å²) in [5.74, 6) is 2.11. The Bertz CT molecular complexity index is 621. The molecule has 0 aliphatic carbocycles. The highest BCUT2D eigenvalue weighted by molar-refractivity contribution is 9.10. The van der Waals surface area contributed by atoms with Crippen LogP contribution >= 0.6 is 27.7 Å². The SMILES string of the molecule is C[C@H](NC(=O)CSCCOc1cccc(Br)c1)c1ccccc1. The quantitative estimate of drug-likeness (QED) is 0.673. The van der Waals surface area contributed by atoms with Gasteiger partial charge in [0.05, 0.1) is 18.4 Å². The monoisotopic (exact) mass is 393 g/mol. The van der Waals surface area contributed by atoms with E-state index in [0.29, 0.717) is 12.4 Å². The van der Waals surface area contributed by atoms with Crippen molar-refractivity contribution >= 4 is 33.6 Å². The highest BCUT2D eigenvalue weighted by atomic mass is 79.9. The van der Waals surface area contributed by atoms with Crippen molar-refractivity contribution in [3.63, 3.8) is 0 Å². The molecule has 0 saturated carbocycles. The van der Waals surface area contributed by atoms with E-state index in [1.807, 2.05) is 61.5 Å². The number of benzene rings is 2. The zero-order valence-corrected chi connectivity index (χ0v) is 15.4. The normalized spacial score (nSPS) is 11.7. The van der Waals surface area contributed by atoms with Crippen LogP contribution in [-0.4, -0.2) is 24.0 Å². The van der Waals surface area contributed by atoms with Crippen LogP contribution in [0.15, 0.2) is 59.1 Å². The smallest absolute Gasteiger partial charge is 0.230 e. The molecule has 0 radical (unpaired) electrons. The van der Waals surface area contributed by atoms with E-state index in [1.165, 1.54) is 0 Å². The van der Waals surface area contributed by atoms with E-state index in [1.54, 1.807) is 11.8 Å². The lowest BCUT2D eigenvalue weighted by atomic mass is 10.1. The van der Waals surface area contributed by atoms with E-state index in [0.717, 1.165) is 21.5 Å². The summed E-state index contributed by atoms with van der Waals surface area (Å²) in [6.07, 6.45) is 0. The van der Waals surface area contributed by atoms with Crippen molar-refractivity contribution in [2.75, 3.05) is 18.1 Å². The number of amides is 1. The second-order valence-corrected chi connectivity index (χ2v) is 7.08. The van der Waals surface area contributed by atoms with Gasteiger partial charge in [-0.1, -0.05) is 52.3 Å². The van der Waals surface area contributed by atoms with E-state index >= 15 is 0 Å². The van der Waals surface area contributed by atoms with Crippen LogP contribution in [0.1, 0.15) is 18.5 Å². The summed E-state index contributed by atoms with van der Waals surface area (Å²) in [4.78, 5) is 11.9. The lowest BCUT2D eigenvalue weighted by Crippen LogP contribution is -2.28. The molecule has 0 heterocycles. The number of carbonyl (C=O) groups is 1. The summed E-state index contributed by atoms with van der Waals surface area (Å²) < 4.78 is 6.63. The molecule has 0 aliphatic heterocycles. The molecule has 3 nitrogen and oxygen atoms in total. The van der Waals surface area contributed by atoms with Gasteiger partial charge in [-0.05, 0) is 30.7 Å². The maximum atomic E-state index is 11.9. The topological polar surface area (TPSA) is 38.3 Å². The van der Waals surface area contributed by atoms with Crippen LogP contribution in [0.5, 0.6) is 5.75 Å². The summed E-state index contributed by atoms with van der Waals surface area (Å²) >= 11 is 4.98. The van der Waals surface area contributed by atoms with E-state index in [2.05, 4.69) is 21.2 Å². The first-order valence-corrected chi connectivity index (χ1v) is 9.40. The van der Waals surface area contributed by atoms with Gasteiger partial charge in [0.15, 0.2) is 0 Å². The Hall–Kier alpha value is -1.46. The number of ether oxygens (including phenoxy) is 1. The molecule has 2 aromatic rings. The predicted molar refractivity (Wildman–Crippen MR) is 100.0 cm³/mol. The van der Waals surface area contributed by atoms with Crippen molar-refractivity contribution in [2.24, 2.45) is 0 Å². The van der Waals surface area contributed by atoms with Crippen molar-refractivity contribution in [1.29, 1.82) is 0 Å². The molecular weight excluding hydrogens is 374 g/mol. The molecule has 0 saturated heterocycles. The zero-order valence-electron chi connectivity index (χ0n) is 13.0. The average molecular weight is 394 g/mol. The van der Waals surface area contributed by atoms with Gasteiger partial charge >= 0.3 is 0 Å². The van der Waals surface area contributed by atoms with E-state index in [4.69, 9.17) is 4.74 Å². The number of nitrogens with one attached hydrogen (secondary N) is 1. The van der Waals surface area contributed by atoms with Gasteiger partial charge in [0.25, 0.3) is 0 Å². The number of rotatable bonds is 8. The molecule has 2 aromatic carbocycles. The van der Waals surface area contributed by atoms with Crippen LogP contribution in [0.25, 0.3) is 0 Å². The minimum Gasteiger partial charge on any atom is -0.493 e. The van der Waals surface area contributed by atoms with Crippen LogP contribution in [-0.2, 0) is 4.79 Å². The first-order chi connectivity index (χ1) is 11.1. The molecule has 5 heteroatoms. The molecule has 0 aromatic heterocycles. The van der Waals surface area contributed by atoms with E-state index < -0.39 is 0 Å². The summed E-state index contributed by atoms with van der Waals surface area (Å²) in [6, 6.07) is 17.7. The molecule has 2 rings (SSSR count). The van der Waals surface area contributed by atoms with Crippen LogP contribution in [0.3, 0.4) is 0 Å². The Morgan fingerprint density at radius 2 is 2.00 bits per heavy atom. The summed E-state index contributed by atoms with van der Waals surface area (Å²) in [6.45, 7) is 2.58. The number of thioether (sulfide) groups is 1. The molecule has 0 fully saturated rings. The third-order valence-corrected chi connectivity index (χ3v) is 4.62. The fourth-order valence-corrected chi connectivity index (χ4v) is 3.04. The maximum Gasteiger partial charge on any atom is 0.230 e. The van der Waals surface area contributed by atoms with Gasteiger partial charge in [-0.15, -0.1) is 11.8 Å². The Labute approximate surface area is 149 Å². The van der Waals surface area contributed by atoms with Crippen molar-refractivity contribution < 1.29 is 9.53 Å². The summed E-state index contributed by atoms with van der Waals surface area (Å²) in [5.41, 5.74) is 1.11.